The number of hydrogen-bond donors (Lipinski definition) is 1. The monoisotopic (exact) mass is 368 g/mol. The minimum atomic E-state index is -3.27. The maximum Gasteiger partial charge on any atom is 0.226 e. The number of carbonyl (C=O) groups excluding carboxylic acids is 1. The van der Waals surface area contributed by atoms with Gasteiger partial charge in [0, 0.05) is 25.7 Å². The van der Waals surface area contributed by atoms with Gasteiger partial charge in [-0.05, 0) is 30.9 Å². The minimum Gasteiger partial charge on any atom is -0.497 e. The first-order valence-corrected chi connectivity index (χ1v) is 10.2. The molecule has 2 heterocycles. The van der Waals surface area contributed by atoms with Gasteiger partial charge >= 0.3 is 0 Å². The summed E-state index contributed by atoms with van der Waals surface area (Å²) in [5.41, 5.74) is 0.955. The smallest absolute Gasteiger partial charge is 0.226 e. The average Bonchev–Trinajstić information content (AvgIpc) is 3.16. The molecule has 1 aromatic carbocycles. The first kappa shape index (κ1) is 18.0. The fourth-order valence-electron chi connectivity index (χ4n) is 3.19. The van der Waals surface area contributed by atoms with Crippen molar-refractivity contribution in [3.8, 4) is 11.5 Å². The summed E-state index contributed by atoms with van der Waals surface area (Å²) in [6.45, 7) is 1.59. The summed E-state index contributed by atoms with van der Waals surface area (Å²) in [4.78, 5) is 12.3. The molecule has 7 nitrogen and oxygen atoms in total. The largest absolute Gasteiger partial charge is 0.497 e. The van der Waals surface area contributed by atoms with E-state index in [-0.39, 0.29) is 30.7 Å². The molecule has 8 heteroatoms. The van der Waals surface area contributed by atoms with Crippen molar-refractivity contribution in [2.75, 3.05) is 39.1 Å². The Morgan fingerprint density at radius 3 is 2.84 bits per heavy atom. The zero-order valence-electron chi connectivity index (χ0n) is 14.4. The highest BCUT2D eigenvalue weighted by Crippen LogP contribution is 2.31. The molecule has 1 atom stereocenters. The predicted molar refractivity (Wildman–Crippen MR) is 93.3 cm³/mol. The maximum atomic E-state index is 12.3. The van der Waals surface area contributed by atoms with Gasteiger partial charge in [0.05, 0.1) is 18.8 Å². The highest BCUT2D eigenvalue weighted by Gasteiger charge is 2.28. The molecule has 1 saturated heterocycles. The van der Waals surface area contributed by atoms with E-state index in [1.54, 1.807) is 7.11 Å². The third-order valence-corrected chi connectivity index (χ3v) is 6.54. The molecule has 0 radical (unpaired) electrons. The molecule has 138 valence electrons. The first-order valence-electron chi connectivity index (χ1n) is 8.55. The number of ether oxygens (including phenoxy) is 2. The van der Waals surface area contributed by atoms with Crippen molar-refractivity contribution in [1.29, 1.82) is 0 Å². The van der Waals surface area contributed by atoms with Crippen LogP contribution in [0.4, 0.5) is 0 Å². The summed E-state index contributed by atoms with van der Waals surface area (Å²) in [7, 11) is -1.68. The lowest BCUT2D eigenvalue weighted by Gasteiger charge is -2.25. The molecule has 0 saturated carbocycles. The van der Waals surface area contributed by atoms with Crippen molar-refractivity contribution >= 4 is 15.9 Å². The lowest BCUT2D eigenvalue weighted by molar-refractivity contribution is -0.126. The highest BCUT2D eigenvalue weighted by molar-refractivity contribution is 7.89. The Morgan fingerprint density at radius 2 is 2.12 bits per heavy atom. The Balaban J connectivity index is 1.50. The van der Waals surface area contributed by atoms with Crippen LogP contribution in [0.5, 0.6) is 11.5 Å². The molecule has 25 heavy (non-hydrogen) atoms. The Morgan fingerprint density at radius 1 is 1.36 bits per heavy atom. The maximum absolute atomic E-state index is 12.3. The van der Waals surface area contributed by atoms with Crippen molar-refractivity contribution in [1.82, 2.24) is 9.62 Å². The van der Waals surface area contributed by atoms with Crippen LogP contribution in [-0.4, -0.2) is 57.7 Å². The van der Waals surface area contributed by atoms with E-state index in [9.17, 15) is 13.2 Å². The number of nitrogens with zero attached hydrogens (tertiary/aromatic N) is 1. The normalized spacial score (nSPS) is 20.6. The zero-order chi connectivity index (χ0) is 17.9. The van der Waals surface area contributed by atoms with Gasteiger partial charge in [-0.15, -0.1) is 0 Å². The molecule has 1 aromatic rings. The van der Waals surface area contributed by atoms with Gasteiger partial charge in [0.15, 0.2) is 0 Å². The zero-order valence-corrected chi connectivity index (χ0v) is 15.2. The Kier molecular flexibility index (Phi) is 5.48. The van der Waals surface area contributed by atoms with Crippen LogP contribution in [0.3, 0.4) is 0 Å². The van der Waals surface area contributed by atoms with Gasteiger partial charge < -0.3 is 14.8 Å². The van der Waals surface area contributed by atoms with Crippen LogP contribution in [-0.2, 0) is 21.2 Å². The minimum absolute atomic E-state index is 0.0555. The molecule has 3 rings (SSSR count). The molecule has 2 aliphatic heterocycles. The van der Waals surface area contributed by atoms with E-state index < -0.39 is 10.0 Å². The number of carbonyl (C=O) groups is 1. The van der Waals surface area contributed by atoms with Gasteiger partial charge in [0.1, 0.15) is 18.1 Å². The number of sulfonamides is 1. The van der Waals surface area contributed by atoms with Crippen LogP contribution < -0.4 is 14.8 Å². The van der Waals surface area contributed by atoms with E-state index in [2.05, 4.69) is 5.32 Å². The van der Waals surface area contributed by atoms with Crippen LogP contribution >= 0.6 is 0 Å². The van der Waals surface area contributed by atoms with Crippen LogP contribution in [0.2, 0.25) is 0 Å². The molecule has 0 aliphatic carbocycles. The van der Waals surface area contributed by atoms with Crippen molar-refractivity contribution < 1.29 is 22.7 Å². The molecule has 1 fully saturated rings. The van der Waals surface area contributed by atoms with Crippen molar-refractivity contribution in [3.05, 3.63) is 23.8 Å². The summed E-state index contributed by atoms with van der Waals surface area (Å²) < 4.78 is 36.6. The topological polar surface area (TPSA) is 84.9 Å². The van der Waals surface area contributed by atoms with Crippen molar-refractivity contribution in [2.45, 2.75) is 19.3 Å². The van der Waals surface area contributed by atoms with Gasteiger partial charge in [-0.25, -0.2) is 12.7 Å². The molecular formula is C17H24N2O5S. The summed E-state index contributed by atoms with van der Waals surface area (Å²) in [5, 5.41) is 2.74. The first-order chi connectivity index (χ1) is 12.0. The van der Waals surface area contributed by atoms with E-state index in [0.717, 1.165) is 24.2 Å². The van der Waals surface area contributed by atoms with Gasteiger partial charge in [-0.3, -0.25) is 4.79 Å². The van der Waals surface area contributed by atoms with E-state index in [1.165, 1.54) is 4.31 Å². The van der Waals surface area contributed by atoms with E-state index in [0.29, 0.717) is 25.3 Å². The van der Waals surface area contributed by atoms with Crippen molar-refractivity contribution in [2.24, 2.45) is 5.92 Å². The van der Waals surface area contributed by atoms with Crippen LogP contribution in [0.1, 0.15) is 18.4 Å². The van der Waals surface area contributed by atoms with Gasteiger partial charge in [0.25, 0.3) is 0 Å². The lowest BCUT2D eigenvalue weighted by atomic mass is 9.96. The Hall–Kier alpha value is -1.80. The number of hydrogen-bond acceptors (Lipinski definition) is 5. The van der Waals surface area contributed by atoms with E-state index in [1.807, 2.05) is 18.2 Å². The fourth-order valence-corrected chi connectivity index (χ4v) is 4.62. The van der Waals surface area contributed by atoms with Crippen LogP contribution in [0, 0.1) is 5.92 Å². The van der Waals surface area contributed by atoms with Crippen LogP contribution in [0.25, 0.3) is 0 Å². The number of fused-ring (bicyclic) bond motifs is 1. The summed E-state index contributed by atoms with van der Waals surface area (Å²) in [6.07, 6.45) is 2.40. The number of nitrogens with one attached hydrogen (secondary N) is 1. The Labute approximate surface area is 148 Å². The standard InChI is InChI=1S/C17H24N2O5S/c1-23-15-5-4-13-10-14(12-24-16(13)11-15)17(20)18-6-9-25(21,22)19-7-2-3-8-19/h4-5,11,14H,2-3,6-10,12H2,1H3,(H,18,20). The molecule has 2 aliphatic rings. The Bertz CT molecular complexity index is 729. The summed E-state index contributed by atoms with van der Waals surface area (Å²) in [6, 6.07) is 5.54. The molecule has 0 aromatic heterocycles. The third kappa shape index (κ3) is 4.24. The number of rotatable bonds is 6. The van der Waals surface area contributed by atoms with E-state index >= 15 is 0 Å². The van der Waals surface area contributed by atoms with E-state index in [4.69, 9.17) is 9.47 Å². The number of amides is 1. The number of methoxy groups -OCH3 is 1. The highest BCUT2D eigenvalue weighted by atomic mass is 32.2. The van der Waals surface area contributed by atoms with Crippen molar-refractivity contribution in [3.63, 3.8) is 0 Å². The average molecular weight is 368 g/mol. The third-order valence-electron chi connectivity index (χ3n) is 4.67. The quantitative estimate of drug-likeness (QED) is 0.802. The SMILES string of the molecule is COc1ccc2c(c1)OCC(C(=O)NCCS(=O)(=O)N1CCCC1)C2. The summed E-state index contributed by atoms with van der Waals surface area (Å²) in [5.74, 6) is 0.919. The lowest BCUT2D eigenvalue weighted by Crippen LogP contribution is -2.41. The second-order valence-electron chi connectivity index (χ2n) is 6.40. The molecular weight excluding hydrogens is 344 g/mol. The number of benzene rings is 1. The molecule has 1 amide bonds. The second kappa shape index (κ2) is 7.61. The van der Waals surface area contributed by atoms with Gasteiger partial charge in [-0.1, -0.05) is 6.07 Å². The fraction of sp³-hybridized carbons (Fsp3) is 0.588. The van der Waals surface area contributed by atoms with Gasteiger partial charge in [-0.2, -0.15) is 0 Å². The molecule has 1 unspecified atom stereocenters. The molecule has 0 bridgehead atoms. The molecule has 1 N–H and O–H groups in total. The summed E-state index contributed by atoms with van der Waals surface area (Å²) >= 11 is 0. The predicted octanol–water partition coefficient (Wildman–Crippen LogP) is 0.788. The molecule has 0 spiro atoms. The van der Waals surface area contributed by atoms with Crippen LogP contribution in [0.15, 0.2) is 18.2 Å². The second-order valence-corrected chi connectivity index (χ2v) is 8.49. The van der Waals surface area contributed by atoms with Gasteiger partial charge in [0.2, 0.25) is 15.9 Å².